The predicted molar refractivity (Wildman–Crippen MR) is 147 cm³/mol. The summed E-state index contributed by atoms with van der Waals surface area (Å²) >= 11 is 0. The Morgan fingerprint density at radius 1 is 0.559 bits per heavy atom. The molecule has 2 aromatic rings. The van der Waals surface area contributed by atoms with E-state index in [4.69, 9.17) is 9.78 Å². The van der Waals surface area contributed by atoms with E-state index < -0.39 is 28.1 Å². The molecule has 0 spiro atoms. The van der Waals surface area contributed by atoms with Gasteiger partial charge in [-0.1, -0.05) is 102 Å². The molecule has 4 nitrogen and oxygen atoms in total. The van der Waals surface area contributed by atoms with Crippen LogP contribution in [0.5, 0.6) is 0 Å². The largest absolute Gasteiger partial charge is 0.386 e. The maximum Gasteiger partial charge on any atom is 0.386 e. The van der Waals surface area contributed by atoms with Crippen molar-refractivity contribution in [3.8, 4) is 0 Å². The van der Waals surface area contributed by atoms with Crippen LogP contribution in [0.2, 0.25) is 39.3 Å². The van der Waals surface area contributed by atoms with E-state index in [1.807, 2.05) is 27.7 Å². The number of carbonyl (C=O) groups excluding carboxylic acids is 2. The molecule has 186 valence electrons. The second kappa shape index (κ2) is 11.0. The summed E-state index contributed by atoms with van der Waals surface area (Å²) in [6.45, 7) is 21.9. The van der Waals surface area contributed by atoms with E-state index in [1.54, 1.807) is 0 Å². The van der Waals surface area contributed by atoms with E-state index in [1.165, 1.54) is 10.4 Å². The average molecular weight is 499 g/mol. The molecule has 0 amide bonds. The van der Waals surface area contributed by atoms with E-state index in [2.05, 4.69) is 63.5 Å². The Kier molecular flexibility index (Phi) is 9.11. The van der Waals surface area contributed by atoms with Crippen LogP contribution in [0.1, 0.15) is 70.7 Å². The van der Waals surface area contributed by atoms with Gasteiger partial charge in [-0.2, -0.15) is 0 Å². The minimum atomic E-state index is -1.54. The van der Waals surface area contributed by atoms with Crippen LogP contribution in [0.25, 0.3) is 0 Å². The number of aryl methyl sites for hydroxylation is 4. The van der Waals surface area contributed by atoms with Gasteiger partial charge in [0.1, 0.15) is 0 Å². The lowest BCUT2D eigenvalue weighted by Gasteiger charge is -2.22. The zero-order chi connectivity index (χ0) is 25.8. The highest BCUT2D eigenvalue weighted by Crippen LogP contribution is 2.22. The van der Waals surface area contributed by atoms with Gasteiger partial charge in [0.25, 0.3) is 0 Å². The molecule has 0 aromatic heterocycles. The Balaban J connectivity index is 2.38. The number of rotatable bonds is 8. The van der Waals surface area contributed by atoms with Crippen molar-refractivity contribution < 1.29 is 19.4 Å². The molecule has 6 heteroatoms. The lowest BCUT2D eigenvalue weighted by Crippen LogP contribution is -2.39. The zero-order valence-corrected chi connectivity index (χ0v) is 24.8. The lowest BCUT2D eigenvalue weighted by molar-refractivity contribution is -0.187. The van der Waals surface area contributed by atoms with Crippen LogP contribution >= 0.6 is 0 Å². The maximum absolute atomic E-state index is 13.1. The summed E-state index contributed by atoms with van der Waals surface area (Å²) in [5.74, 6) is -1.20. The summed E-state index contributed by atoms with van der Waals surface area (Å²) in [7, 11) is -3.08. The summed E-state index contributed by atoms with van der Waals surface area (Å²) in [6.07, 6.45) is 2.84. The first-order valence-corrected chi connectivity index (χ1v) is 19.5. The molecule has 0 saturated heterocycles. The smallest absolute Gasteiger partial charge is 0.241 e. The highest BCUT2D eigenvalue weighted by Gasteiger charge is 2.27. The van der Waals surface area contributed by atoms with Crippen LogP contribution in [0.15, 0.2) is 24.3 Å². The van der Waals surface area contributed by atoms with Gasteiger partial charge in [-0.25, -0.2) is 19.4 Å². The van der Waals surface area contributed by atoms with Crippen LogP contribution in [0.3, 0.4) is 0 Å². The van der Waals surface area contributed by atoms with E-state index in [9.17, 15) is 9.59 Å². The third-order valence-electron chi connectivity index (χ3n) is 6.46. The number of carbonyl (C=O) groups is 2. The van der Waals surface area contributed by atoms with E-state index in [0.717, 1.165) is 22.3 Å². The maximum atomic E-state index is 13.1. The molecule has 0 heterocycles. The summed E-state index contributed by atoms with van der Waals surface area (Å²) in [4.78, 5) is 36.6. The SMILES string of the molecule is CCc1cc([Si](C)(C)C)cc(CC)c1C(=O)OOC(=O)c1c(CC)cc([Si](C)(C)C)cc1CC. The molecule has 0 aliphatic heterocycles. The molecule has 0 atom stereocenters. The molecule has 0 aliphatic rings. The molecule has 0 fully saturated rings. The summed E-state index contributed by atoms with van der Waals surface area (Å²) in [5.41, 5.74) is 4.84. The highest BCUT2D eigenvalue weighted by atomic mass is 28.3. The highest BCUT2D eigenvalue weighted by molar-refractivity contribution is 6.89. The monoisotopic (exact) mass is 498 g/mol. The fourth-order valence-electron chi connectivity index (χ4n) is 4.20. The third-order valence-corrected chi connectivity index (χ3v) is 10.5. The quantitative estimate of drug-likeness (QED) is 0.256. The second-order valence-corrected chi connectivity index (χ2v) is 21.1. The number of hydrogen-bond donors (Lipinski definition) is 0. The van der Waals surface area contributed by atoms with E-state index in [0.29, 0.717) is 36.8 Å². The average Bonchev–Trinajstić information content (AvgIpc) is 2.78. The molecule has 2 aromatic carbocycles. The zero-order valence-electron chi connectivity index (χ0n) is 22.8. The predicted octanol–water partition coefficient (Wildman–Crippen LogP) is 5.96. The van der Waals surface area contributed by atoms with Gasteiger partial charge in [-0.05, 0) is 47.9 Å². The normalized spacial score (nSPS) is 11.9. The fraction of sp³-hybridized carbons (Fsp3) is 0.500. The molecule has 2 rings (SSSR count). The third kappa shape index (κ3) is 6.27. The Hall–Kier alpha value is -2.19. The van der Waals surface area contributed by atoms with Gasteiger partial charge in [0.15, 0.2) is 0 Å². The lowest BCUT2D eigenvalue weighted by atomic mass is 9.97. The Labute approximate surface area is 208 Å². The first kappa shape index (κ1) is 28.1. The van der Waals surface area contributed by atoms with Gasteiger partial charge in [-0.15, -0.1) is 0 Å². The van der Waals surface area contributed by atoms with Crippen molar-refractivity contribution in [3.05, 3.63) is 57.6 Å². The molecule has 0 radical (unpaired) electrons. The summed E-state index contributed by atoms with van der Waals surface area (Å²) in [5, 5.41) is 2.63. The summed E-state index contributed by atoms with van der Waals surface area (Å²) < 4.78 is 0. The van der Waals surface area contributed by atoms with Crippen LogP contribution in [0.4, 0.5) is 0 Å². The fourth-order valence-corrected chi connectivity index (χ4v) is 6.63. The molecule has 0 aliphatic carbocycles. The minimum Gasteiger partial charge on any atom is -0.241 e. The van der Waals surface area contributed by atoms with Crippen molar-refractivity contribution in [2.45, 2.75) is 92.7 Å². The number of benzene rings is 2. The molecule has 0 saturated carbocycles. The first-order chi connectivity index (χ1) is 15.8. The van der Waals surface area contributed by atoms with Gasteiger partial charge in [0, 0.05) is 0 Å². The van der Waals surface area contributed by atoms with Gasteiger partial charge in [0.2, 0.25) is 0 Å². The van der Waals surface area contributed by atoms with Gasteiger partial charge in [-0.3, -0.25) is 0 Å². The van der Waals surface area contributed by atoms with Crippen molar-refractivity contribution in [1.82, 2.24) is 0 Å². The van der Waals surface area contributed by atoms with Crippen molar-refractivity contribution in [2.24, 2.45) is 0 Å². The van der Waals surface area contributed by atoms with Crippen molar-refractivity contribution >= 4 is 38.5 Å². The van der Waals surface area contributed by atoms with Crippen LogP contribution in [-0.2, 0) is 35.5 Å². The van der Waals surface area contributed by atoms with Gasteiger partial charge >= 0.3 is 11.9 Å². The molecule has 0 unspecified atom stereocenters. The van der Waals surface area contributed by atoms with Crippen molar-refractivity contribution in [3.63, 3.8) is 0 Å². The van der Waals surface area contributed by atoms with Gasteiger partial charge in [0.05, 0.1) is 27.3 Å². The number of hydrogen-bond acceptors (Lipinski definition) is 4. The summed E-state index contributed by atoms with van der Waals surface area (Å²) in [6, 6.07) is 8.51. The first-order valence-electron chi connectivity index (χ1n) is 12.5. The standard InChI is InChI=1S/C28H42O4Si2/c1-11-19-15-23(33(5,6)7)16-20(12-2)25(19)27(29)31-32-28(30)26-21(13-3)17-24(34(8,9)10)18-22(26)14-4/h15-18H,11-14H2,1-10H3. The van der Waals surface area contributed by atoms with Gasteiger partial charge < -0.3 is 0 Å². The van der Waals surface area contributed by atoms with E-state index in [-0.39, 0.29) is 0 Å². The molecular weight excluding hydrogens is 456 g/mol. The molecule has 0 bridgehead atoms. The van der Waals surface area contributed by atoms with Crippen LogP contribution < -0.4 is 10.4 Å². The van der Waals surface area contributed by atoms with E-state index >= 15 is 0 Å². The van der Waals surface area contributed by atoms with Crippen LogP contribution in [0, 0.1) is 0 Å². The molecule has 34 heavy (non-hydrogen) atoms. The Morgan fingerprint density at radius 3 is 0.971 bits per heavy atom. The van der Waals surface area contributed by atoms with Crippen LogP contribution in [-0.4, -0.2) is 28.1 Å². The molecular formula is C28H42O4Si2. The Morgan fingerprint density at radius 2 is 0.794 bits per heavy atom. The second-order valence-electron chi connectivity index (χ2n) is 11.0. The van der Waals surface area contributed by atoms with Crippen molar-refractivity contribution in [1.29, 1.82) is 0 Å². The topological polar surface area (TPSA) is 52.6 Å². The Bertz CT molecular complexity index is 924. The minimum absolute atomic E-state index is 0.528. The molecule has 0 N–H and O–H groups in total. The van der Waals surface area contributed by atoms with Crippen molar-refractivity contribution in [2.75, 3.05) is 0 Å².